The first kappa shape index (κ1) is 14.0. The summed E-state index contributed by atoms with van der Waals surface area (Å²) in [6.45, 7) is 6.83. The van der Waals surface area contributed by atoms with Gasteiger partial charge in [-0.25, -0.2) is 4.39 Å². The minimum atomic E-state index is -0.329. The first-order valence-corrected chi connectivity index (χ1v) is 7.06. The fraction of sp³-hybridized carbons (Fsp3) is 0.333. The second-order valence-corrected chi connectivity index (χ2v) is 6.10. The molecule has 0 radical (unpaired) electrons. The molecule has 2 nitrogen and oxygen atoms in total. The van der Waals surface area contributed by atoms with E-state index in [0.717, 1.165) is 6.54 Å². The Morgan fingerprint density at radius 1 is 1.32 bits per heavy atom. The second kappa shape index (κ2) is 5.72. The highest BCUT2D eigenvalue weighted by Crippen LogP contribution is 2.26. The van der Waals surface area contributed by atoms with E-state index in [1.807, 2.05) is 6.92 Å². The molecule has 0 spiro atoms. The Bertz CT molecular complexity index is 560. The van der Waals surface area contributed by atoms with Crippen molar-refractivity contribution in [3.05, 3.63) is 51.0 Å². The monoisotopic (exact) mass is 279 g/mol. The first-order valence-electron chi connectivity index (χ1n) is 6.25. The quantitative estimate of drug-likeness (QED) is 0.884. The van der Waals surface area contributed by atoms with E-state index < -0.39 is 0 Å². The van der Waals surface area contributed by atoms with Crippen LogP contribution in [0, 0.1) is 19.7 Å². The number of rotatable bonds is 4. The molecule has 0 bridgehead atoms. The van der Waals surface area contributed by atoms with Crippen LogP contribution in [0.2, 0.25) is 0 Å². The maximum atomic E-state index is 13.2. The lowest BCUT2D eigenvalue weighted by Gasteiger charge is -2.15. The first-order chi connectivity index (χ1) is 8.97. The lowest BCUT2D eigenvalue weighted by atomic mass is 10.1. The van der Waals surface area contributed by atoms with Crippen molar-refractivity contribution in [2.45, 2.75) is 33.4 Å². The van der Waals surface area contributed by atoms with Gasteiger partial charge in [-0.1, -0.05) is 0 Å². The molecule has 4 heteroatoms. The van der Waals surface area contributed by atoms with Crippen molar-refractivity contribution >= 4 is 11.3 Å². The molecule has 0 aliphatic rings. The van der Waals surface area contributed by atoms with E-state index in [1.54, 1.807) is 11.3 Å². The number of hydrogen-bond donors (Lipinski definition) is 2. The number of hydrogen-bond acceptors (Lipinski definition) is 3. The van der Waals surface area contributed by atoms with Crippen LogP contribution in [0.4, 0.5) is 4.39 Å². The van der Waals surface area contributed by atoms with Crippen LogP contribution in [0.25, 0.3) is 0 Å². The summed E-state index contributed by atoms with van der Waals surface area (Å²) in [4.78, 5) is 2.57. The normalized spacial score (nSPS) is 12.6. The molecule has 0 saturated heterocycles. The third kappa shape index (κ3) is 3.33. The molecule has 1 heterocycles. The molecule has 1 unspecified atom stereocenters. The molecule has 0 aliphatic carbocycles. The Morgan fingerprint density at radius 3 is 2.68 bits per heavy atom. The zero-order chi connectivity index (χ0) is 14.0. The van der Waals surface area contributed by atoms with Gasteiger partial charge in [-0.05, 0) is 50.6 Å². The molecule has 19 heavy (non-hydrogen) atoms. The van der Waals surface area contributed by atoms with E-state index in [9.17, 15) is 9.50 Å². The number of phenolic OH excluding ortho intramolecular Hbond substituents is 1. The number of thiophene rings is 1. The molecular formula is C15H18FNOS. The van der Waals surface area contributed by atoms with Crippen LogP contribution < -0.4 is 5.32 Å². The van der Waals surface area contributed by atoms with Crippen molar-refractivity contribution in [2.75, 3.05) is 0 Å². The summed E-state index contributed by atoms with van der Waals surface area (Å²) in [5, 5.41) is 13.1. The van der Waals surface area contributed by atoms with Gasteiger partial charge in [0.15, 0.2) is 0 Å². The van der Waals surface area contributed by atoms with Crippen LogP contribution >= 0.6 is 11.3 Å². The molecule has 102 valence electrons. The second-order valence-electron chi connectivity index (χ2n) is 4.76. The Labute approximate surface area is 116 Å². The number of halogens is 1. The van der Waals surface area contributed by atoms with Gasteiger partial charge in [0.2, 0.25) is 0 Å². The lowest BCUT2D eigenvalue weighted by Crippen LogP contribution is -2.17. The maximum Gasteiger partial charge on any atom is 0.123 e. The minimum absolute atomic E-state index is 0.0987. The van der Waals surface area contributed by atoms with Gasteiger partial charge in [0.05, 0.1) is 0 Å². The summed E-state index contributed by atoms with van der Waals surface area (Å²) in [5.74, 6) is -0.204. The lowest BCUT2D eigenvalue weighted by molar-refractivity contribution is 0.449. The van der Waals surface area contributed by atoms with Crippen LogP contribution in [0.1, 0.15) is 33.8 Å². The molecule has 0 amide bonds. The predicted octanol–water partition coefficient (Wildman–Crippen LogP) is 4.06. The molecule has 2 N–H and O–H groups in total. The Kier molecular flexibility index (Phi) is 4.22. The van der Waals surface area contributed by atoms with Gasteiger partial charge in [-0.3, -0.25) is 0 Å². The van der Waals surface area contributed by atoms with E-state index in [4.69, 9.17) is 0 Å². The largest absolute Gasteiger partial charge is 0.508 e. The summed E-state index contributed by atoms with van der Waals surface area (Å²) in [7, 11) is 0. The van der Waals surface area contributed by atoms with Gasteiger partial charge >= 0.3 is 0 Å². The van der Waals surface area contributed by atoms with Gasteiger partial charge in [-0.15, -0.1) is 11.3 Å². The van der Waals surface area contributed by atoms with Crippen LogP contribution in [-0.2, 0) is 6.54 Å². The van der Waals surface area contributed by atoms with Crippen molar-refractivity contribution in [3.8, 4) is 5.75 Å². The number of aromatic hydroxyl groups is 1. The molecule has 1 aromatic carbocycles. The molecule has 2 rings (SSSR count). The average Bonchev–Trinajstić information content (AvgIpc) is 2.69. The molecule has 0 saturated carbocycles. The van der Waals surface area contributed by atoms with Gasteiger partial charge in [0.25, 0.3) is 0 Å². The maximum absolute atomic E-state index is 13.2. The Morgan fingerprint density at radius 2 is 2.05 bits per heavy atom. The molecule has 0 fully saturated rings. The van der Waals surface area contributed by atoms with E-state index in [-0.39, 0.29) is 17.6 Å². The van der Waals surface area contributed by atoms with Gasteiger partial charge in [0.1, 0.15) is 11.6 Å². The highest BCUT2D eigenvalue weighted by Gasteiger charge is 2.11. The van der Waals surface area contributed by atoms with E-state index >= 15 is 0 Å². The van der Waals surface area contributed by atoms with E-state index in [2.05, 4.69) is 25.2 Å². The van der Waals surface area contributed by atoms with Gasteiger partial charge in [0, 0.05) is 27.9 Å². The Balaban J connectivity index is 2.04. The van der Waals surface area contributed by atoms with Crippen molar-refractivity contribution in [2.24, 2.45) is 0 Å². The standard InChI is InChI=1S/C15H18FNOS/c1-9-6-13(19-11(9)3)8-17-10(2)14-7-12(16)4-5-15(14)18/h4-7,10,17-18H,8H2,1-3H3. The average molecular weight is 279 g/mol. The van der Waals surface area contributed by atoms with E-state index in [1.165, 1.54) is 33.5 Å². The topological polar surface area (TPSA) is 32.3 Å². The van der Waals surface area contributed by atoms with Gasteiger partial charge < -0.3 is 10.4 Å². The van der Waals surface area contributed by atoms with Crippen molar-refractivity contribution < 1.29 is 9.50 Å². The van der Waals surface area contributed by atoms with Crippen molar-refractivity contribution in [1.82, 2.24) is 5.32 Å². The highest BCUT2D eigenvalue weighted by molar-refractivity contribution is 7.12. The fourth-order valence-corrected chi connectivity index (χ4v) is 2.98. The smallest absolute Gasteiger partial charge is 0.123 e. The third-order valence-corrected chi connectivity index (χ3v) is 4.41. The fourth-order valence-electron chi connectivity index (χ4n) is 1.97. The third-order valence-electron chi connectivity index (χ3n) is 3.26. The number of nitrogens with one attached hydrogen (secondary N) is 1. The summed E-state index contributed by atoms with van der Waals surface area (Å²) < 4.78 is 13.2. The minimum Gasteiger partial charge on any atom is -0.508 e. The summed E-state index contributed by atoms with van der Waals surface area (Å²) >= 11 is 1.76. The number of benzene rings is 1. The zero-order valence-electron chi connectivity index (χ0n) is 11.3. The summed E-state index contributed by atoms with van der Waals surface area (Å²) in [6.07, 6.45) is 0. The number of aryl methyl sites for hydroxylation is 2. The summed E-state index contributed by atoms with van der Waals surface area (Å²) in [5.41, 5.74) is 1.88. The van der Waals surface area contributed by atoms with Crippen LogP contribution in [0.3, 0.4) is 0 Å². The van der Waals surface area contributed by atoms with Gasteiger partial charge in [-0.2, -0.15) is 0 Å². The zero-order valence-corrected chi connectivity index (χ0v) is 12.1. The molecular weight excluding hydrogens is 261 g/mol. The molecule has 0 aliphatic heterocycles. The molecule has 1 atom stereocenters. The van der Waals surface area contributed by atoms with Crippen LogP contribution in [-0.4, -0.2) is 5.11 Å². The SMILES string of the molecule is Cc1cc(CNC(C)c2cc(F)ccc2O)sc1C. The summed E-state index contributed by atoms with van der Waals surface area (Å²) in [6, 6.07) is 6.08. The molecule has 1 aromatic heterocycles. The Hall–Kier alpha value is -1.39. The van der Waals surface area contributed by atoms with Crippen LogP contribution in [0.5, 0.6) is 5.75 Å². The molecule has 2 aromatic rings. The van der Waals surface area contributed by atoms with Crippen LogP contribution in [0.15, 0.2) is 24.3 Å². The van der Waals surface area contributed by atoms with Crippen molar-refractivity contribution in [3.63, 3.8) is 0 Å². The van der Waals surface area contributed by atoms with E-state index in [0.29, 0.717) is 5.56 Å². The highest BCUT2D eigenvalue weighted by atomic mass is 32.1. The predicted molar refractivity (Wildman–Crippen MR) is 77.1 cm³/mol. The van der Waals surface area contributed by atoms with Crippen molar-refractivity contribution in [1.29, 1.82) is 0 Å². The number of phenols is 1.